The molecule has 0 saturated heterocycles. The highest BCUT2D eigenvalue weighted by atomic mass is 79.9. The number of hydrogen-bond donors (Lipinski definition) is 0. The summed E-state index contributed by atoms with van der Waals surface area (Å²) in [6.45, 7) is 5.82. The maximum Gasteiger partial charge on any atom is 0.280 e. The lowest BCUT2D eigenvalue weighted by Gasteiger charge is -2.35. The van der Waals surface area contributed by atoms with Gasteiger partial charge in [-0.1, -0.05) is 36.7 Å². The van der Waals surface area contributed by atoms with Gasteiger partial charge in [0.25, 0.3) is 10.1 Å². The van der Waals surface area contributed by atoms with Crippen molar-refractivity contribution in [3.8, 4) is 0 Å². The van der Waals surface area contributed by atoms with Crippen molar-refractivity contribution in [1.29, 1.82) is 0 Å². The maximum absolute atomic E-state index is 12.6. The summed E-state index contributed by atoms with van der Waals surface area (Å²) in [7, 11) is -3.86. The molecule has 0 aromatic carbocycles. The molecule has 110 valence electrons. The molecule has 0 radical (unpaired) electrons. The minimum absolute atomic E-state index is 0.1000. The summed E-state index contributed by atoms with van der Waals surface area (Å²) in [6, 6.07) is 0. The second-order valence-corrected chi connectivity index (χ2v) is 8.90. The molecule has 2 rings (SSSR count). The van der Waals surface area contributed by atoms with E-state index in [4.69, 9.17) is 4.18 Å². The quantitative estimate of drug-likeness (QED) is 0.563. The summed E-state index contributed by atoms with van der Waals surface area (Å²) in [5, 5.41) is 0.676. The predicted octanol–water partition coefficient (Wildman–Crippen LogP) is 2.51. The van der Waals surface area contributed by atoms with Gasteiger partial charge in [0.15, 0.2) is 10.5 Å². The molecule has 0 N–H and O–H groups in total. The van der Waals surface area contributed by atoms with Crippen LogP contribution in [-0.2, 0) is 19.1 Å². The highest BCUT2D eigenvalue weighted by molar-refractivity contribution is 9.09. The molecule has 6 heteroatoms. The van der Waals surface area contributed by atoms with Gasteiger partial charge >= 0.3 is 0 Å². The maximum atomic E-state index is 12.6. The summed E-state index contributed by atoms with van der Waals surface area (Å²) in [5.74, 6) is 0.121. The van der Waals surface area contributed by atoms with Crippen LogP contribution in [0, 0.1) is 17.3 Å². The van der Waals surface area contributed by atoms with E-state index in [1.807, 2.05) is 20.8 Å². The summed E-state index contributed by atoms with van der Waals surface area (Å²) in [6.07, 6.45) is 1.59. The zero-order valence-corrected chi connectivity index (χ0v) is 14.0. The number of ketones is 1. The SMILES string of the molecule is C[C@H](CBr)COS(=O)(=O)C12CCC(CC1=O)C2(C)C. The Morgan fingerprint density at radius 2 is 2.11 bits per heavy atom. The van der Waals surface area contributed by atoms with Gasteiger partial charge in [0.2, 0.25) is 0 Å². The lowest BCUT2D eigenvalue weighted by molar-refractivity contribution is -0.121. The minimum Gasteiger partial charge on any atom is -0.298 e. The Morgan fingerprint density at radius 1 is 1.47 bits per heavy atom. The van der Waals surface area contributed by atoms with Crippen LogP contribution >= 0.6 is 15.9 Å². The van der Waals surface area contributed by atoms with Crippen LogP contribution in [0.3, 0.4) is 0 Å². The lowest BCUT2D eigenvalue weighted by atomic mass is 9.81. The third-order valence-corrected chi connectivity index (χ3v) is 8.35. The zero-order valence-electron chi connectivity index (χ0n) is 11.6. The molecule has 0 spiro atoms. The average molecular weight is 353 g/mol. The van der Waals surface area contributed by atoms with Gasteiger partial charge in [-0.15, -0.1) is 0 Å². The normalized spacial score (nSPS) is 34.7. The molecule has 0 amide bonds. The minimum atomic E-state index is -3.86. The fourth-order valence-corrected chi connectivity index (χ4v) is 5.91. The second kappa shape index (κ2) is 4.81. The number of rotatable bonds is 5. The summed E-state index contributed by atoms with van der Waals surface area (Å²) in [5.41, 5.74) is -0.513. The molecule has 0 aliphatic heterocycles. The van der Waals surface area contributed by atoms with Gasteiger partial charge in [0.1, 0.15) is 0 Å². The fourth-order valence-electron chi connectivity index (χ4n) is 3.57. The first kappa shape index (κ1) is 15.4. The molecule has 2 fully saturated rings. The Hall–Kier alpha value is 0.0600. The number of alkyl halides is 1. The summed E-state index contributed by atoms with van der Waals surface area (Å²) in [4.78, 5) is 12.3. The molecule has 2 saturated carbocycles. The van der Waals surface area contributed by atoms with E-state index in [1.165, 1.54) is 0 Å². The van der Waals surface area contributed by atoms with E-state index < -0.39 is 20.3 Å². The number of hydrogen-bond acceptors (Lipinski definition) is 4. The van der Waals surface area contributed by atoms with Crippen LogP contribution in [0.1, 0.15) is 40.0 Å². The van der Waals surface area contributed by atoms with Crippen LogP contribution in [0.2, 0.25) is 0 Å². The van der Waals surface area contributed by atoms with Gasteiger partial charge in [-0.2, -0.15) is 8.42 Å². The van der Waals surface area contributed by atoms with E-state index >= 15 is 0 Å². The topological polar surface area (TPSA) is 60.4 Å². The molecular formula is C13H21BrO4S. The third-order valence-electron chi connectivity index (χ3n) is 4.99. The highest BCUT2D eigenvalue weighted by Crippen LogP contribution is 2.62. The Balaban J connectivity index is 2.31. The largest absolute Gasteiger partial charge is 0.298 e. The van der Waals surface area contributed by atoms with Crippen molar-refractivity contribution in [2.75, 3.05) is 11.9 Å². The lowest BCUT2D eigenvalue weighted by Crippen LogP contribution is -2.51. The number of carbonyl (C=O) groups excluding carboxylic acids is 1. The van der Waals surface area contributed by atoms with Crippen LogP contribution < -0.4 is 0 Å². The predicted molar refractivity (Wildman–Crippen MR) is 76.7 cm³/mol. The molecule has 0 heterocycles. The number of Topliss-reactive ketones (excluding diaryl/α,β-unsaturated/α-hetero) is 1. The second-order valence-electron chi connectivity index (χ2n) is 6.41. The van der Waals surface area contributed by atoms with Crippen molar-refractivity contribution in [3.63, 3.8) is 0 Å². The van der Waals surface area contributed by atoms with Gasteiger partial charge in [-0.25, -0.2) is 0 Å². The van der Waals surface area contributed by atoms with E-state index in [1.54, 1.807) is 0 Å². The van der Waals surface area contributed by atoms with Gasteiger partial charge < -0.3 is 0 Å². The van der Waals surface area contributed by atoms with E-state index in [9.17, 15) is 13.2 Å². The van der Waals surface area contributed by atoms with Gasteiger partial charge in [-0.3, -0.25) is 8.98 Å². The number of fused-ring (bicyclic) bond motifs is 2. The smallest absolute Gasteiger partial charge is 0.280 e. The molecule has 2 aliphatic rings. The van der Waals surface area contributed by atoms with E-state index in [0.717, 1.165) is 6.42 Å². The van der Waals surface area contributed by atoms with Crippen LogP contribution in [-0.4, -0.2) is 30.9 Å². The van der Waals surface area contributed by atoms with Crippen molar-refractivity contribution in [3.05, 3.63) is 0 Å². The average Bonchev–Trinajstić information content (AvgIpc) is 2.70. The van der Waals surface area contributed by atoms with E-state index in [2.05, 4.69) is 15.9 Å². The van der Waals surface area contributed by atoms with Crippen LogP contribution in [0.25, 0.3) is 0 Å². The zero-order chi connectivity index (χ0) is 14.5. The molecular weight excluding hydrogens is 332 g/mol. The van der Waals surface area contributed by atoms with E-state index in [0.29, 0.717) is 18.2 Å². The molecule has 3 atom stereocenters. The van der Waals surface area contributed by atoms with Crippen molar-refractivity contribution in [2.45, 2.75) is 44.8 Å². The van der Waals surface area contributed by atoms with Crippen LogP contribution in [0.4, 0.5) is 0 Å². The Labute approximate surface area is 123 Å². The summed E-state index contributed by atoms with van der Waals surface area (Å²) < 4.78 is 29.1. The monoisotopic (exact) mass is 352 g/mol. The molecule has 0 aromatic heterocycles. The third kappa shape index (κ3) is 2.02. The van der Waals surface area contributed by atoms with Crippen LogP contribution in [0.5, 0.6) is 0 Å². The van der Waals surface area contributed by atoms with Gasteiger partial charge in [-0.05, 0) is 30.1 Å². The molecule has 19 heavy (non-hydrogen) atoms. The van der Waals surface area contributed by atoms with E-state index in [-0.39, 0.29) is 24.2 Å². The first-order valence-electron chi connectivity index (χ1n) is 6.67. The van der Waals surface area contributed by atoms with Gasteiger partial charge in [0.05, 0.1) is 6.61 Å². The van der Waals surface area contributed by atoms with Crippen molar-refractivity contribution in [2.24, 2.45) is 17.3 Å². The Kier molecular flexibility index (Phi) is 3.91. The molecule has 2 aliphatic carbocycles. The first-order valence-corrected chi connectivity index (χ1v) is 9.20. The van der Waals surface area contributed by atoms with Gasteiger partial charge in [0, 0.05) is 11.8 Å². The summed E-state index contributed by atoms with van der Waals surface area (Å²) >= 11 is 3.30. The van der Waals surface area contributed by atoms with Crippen molar-refractivity contribution >= 4 is 31.8 Å². The van der Waals surface area contributed by atoms with Crippen molar-refractivity contribution in [1.82, 2.24) is 0 Å². The number of halogens is 1. The fraction of sp³-hybridized carbons (Fsp3) is 0.923. The first-order chi connectivity index (χ1) is 8.69. The molecule has 2 unspecified atom stereocenters. The Morgan fingerprint density at radius 3 is 2.53 bits per heavy atom. The Bertz CT molecular complexity index is 485. The highest BCUT2D eigenvalue weighted by Gasteiger charge is 2.71. The molecule has 0 aromatic rings. The molecule has 2 bridgehead atoms. The molecule has 4 nitrogen and oxygen atoms in total. The number of carbonyl (C=O) groups is 1. The van der Waals surface area contributed by atoms with Crippen LogP contribution in [0.15, 0.2) is 0 Å². The van der Waals surface area contributed by atoms with Crippen molar-refractivity contribution < 1.29 is 17.4 Å². The standard InChI is InChI=1S/C13H21BrO4S/c1-9(7-14)8-18-19(16,17)13-5-4-10(6-11(13)15)12(13,2)3/h9-10H,4-8H2,1-3H3/t9-,10?,13?/m1/s1.